The Balaban J connectivity index is 0.000000621. The van der Waals surface area contributed by atoms with E-state index in [1.165, 1.54) is 15.6 Å². The summed E-state index contributed by atoms with van der Waals surface area (Å²) < 4.78 is 10.2. The predicted octanol–water partition coefficient (Wildman–Crippen LogP) is 2.15. The predicted molar refractivity (Wildman–Crippen MR) is 83.5 cm³/mol. The van der Waals surface area contributed by atoms with E-state index in [9.17, 15) is 0 Å². The summed E-state index contributed by atoms with van der Waals surface area (Å²) in [5, 5.41) is 0. The van der Waals surface area contributed by atoms with E-state index in [0.717, 1.165) is 0 Å². The third-order valence-corrected chi connectivity index (χ3v) is 3.23. The van der Waals surface area contributed by atoms with Gasteiger partial charge in [-0.25, -0.2) is 4.57 Å². The van der Waals surface area contributed by atoms with Crippen molar-refractivity contribution in [1.82, 2.24) is 0 Å². The Bertz CT molecular complexity index is 487. The zero-order chi connectivity index (χ0) is 16.4. The van der Waals surface area contributed by atoms with Gasteiger partial charge in [-0.2, -0.15) is 0 Å². The lowest BCUT2D eigenvalue weighted by Gasteiger charge is -2.27. The van der Waals surface area contributed by atoms with Crippen molar-refractivity contribution in [1.29, 1.82) is 0 Å². The molecule has 2 radical (unpaired) electrons. The summed E-state index contributed by atoms with van der Waals surface area (Å²) in [5.74, 6) is 0. The van der Waals surface area contributed by atoms with Crippen LogP contribution in [0.25, 0.3) is 0 Å². The van der Waals surface area contributed by atoms with Crippen LogP contribution in [0.4, 0.5) is 0 Å². The normalized spacial score (nSPS) is 12.7. The van der Waals surface area contributed by atoms with Crippen molar-refractivity contribution in [2.75, 3.05) is 0 Å². The van der Waals surface area contributed by atoms with Gasteiger partial charge in [-0.05, 0) is 16.4 Å². The van der Waals surface area contributed by atoms with Crippen molar-refractivity contribution >= 4 is 28.5 Å². The zero-order valence-electron chi connectivity index (χ0n) is 13.0. The molecule has 4 nitrogen and oxygen atoms in total. The standard InChI is InChI=1S/C14H21.Al.H3O4P/c1-13(2,3)11-8-7-9-12(10-11)14(4,5)6;;1-5(2,3)4/h7-8,10H,1-6H3;;(H3,1,2,3,4). The minimum Gasteiger partial charge on any atom is -0.303 e. The van der Waals surface area contributed by atoms with Crippen LogP contribution in [-0.2, 0) is 15.4 Å². The summed E-state index contributed by atoms with van der Waals surface area (Å²) >= 11 is 2.84. The minimum absolute atomic E-state index is 0.221. The van der Waals surface area contributed by atoms with E-state index in [1.54, 1.807) is 0 Å². The summed E-state index contributed by atoms with van der Waals surface area (Å²) in [6.07, 6.45) is 0. The van der Waals surface area contributed by atoms with E-state index in [1.807, 2.05) is 0 Å². The maximum absolute atomic E-state index is 8.88. The van der Waals surface area contributed by atoms with Crippen LogP contribution in [0.2, 0.25) is 0 Å². The van der Waals surface area contributed by atoms with Gasteiger partial charge in [-0.1, -0.05) is 65.3 Å². The van der Waals surface area contributed by atoms with Crippen molar-refractivity contribution in [3.05, 3.63) is 29.3 Å². The molecule has 0 spiro atoms. The van der Waals surface area contributed by atoms with E-state index in [4.69, 9.17) is 19.2 Å². The van der Waals surface area contributed by atoms with E-state index < -0.39 is 7.82 Å². The molecule has 0 atom stereocenters. The first kappa shape index (κ1) is 19.9. The van der Waals surface area contributed by atoms with Crippen molar-refractivity contribution in [3.8, 4) is 0 Å². The molecule has 112 valence electrons. The summed E-state index contributed by atoms with van der Waals surface area (Å²) in [6, 6.07) is 6.80. The Kier molecular flexibility index (Phi) is 6.70. The molecule has 0 aliphatic heterocycles. The smallest absolute Gasteiger partial charge is 0.303 e. The fourth-order valence-corrected chi connectivity index (χ4v) is 2.28. The van der Waals surface area contributed by atoms with Gasteiger partial charge in [0.1, 0.15) is 0 Å². The van der Waals surface area contributed by atoms with Gasteiger partial charge in [0.25, 0.3) is 0 Å². The Morgan fingerprint density at radius 1 is 0.950 bits per heavy atom. The number of hydrogen-bond donors (Lipinski definition) is 3. The third-order valence-electron chi connectivity index (χ3n) is 2.73. The van der Waals surface area contributed by atoms with Crippen LogP contribution >= 0.6 is 7.82 Å². The van der Waals surface area contributed by atoms with Gasteiger partial charge in [-0.15, -0.1) is 4.43 Å². The Hall–Kier alpha value is -0.138. The molecule has 0 unspecified atom stereocenters. The van der Waals surface area contributed by atoms with Gasteiger partial charge >= 0.3 is 7.82 Å². The third kappa shape index (κ3) is 8.22. The molecule has 0 bridgehead atoms. The highest BCUT2D eigenvalue weighted by molar-refractivity contribution is 7.45. The molecule has 0 saturated carbocycles. The summed E-state index contributed by atoms with van der Waals surface area (Å²) in [6.45, 7) is 13.6. The average Bonchev–Trinajstić information content (AvgIpc) is 2.11. The first-order chi connectivity index (χ1) is 8.62. The molecular formula is C14H24AlO4P. The van der Waals surface area contributed by atoms with E-state index >= 15 is 0 Å². The fraction of sp³-hybridized carbons (Fsp3) is 0.571. The fourth-order valence-electron chi connectivity index (χ4n) is 1.67. The summed E-state index contributed by atoms with van der Waals surface area (Å²) in [5.41, 5.74) is 3.30. The first-order valence-corrected chi connectivity index (χ1v) is 8.45. The van der Waals surface area contributed by atoms with Crippen LogP contribution in [0.3, 0.4) is 0 Å². The highest BCUT2D eigenvalue weighted by Crippen LogP contribution is 2.27. The molecule has 6 heteroatoms. The SMILES string of the molecule is CC(C)(C)c1cc[c]([Al])c(C(C)(C)C)c1.O=P(O)(O)O. The van der Waals surface area contributed by atoms with Crippen molar-refractivity contribution in [2.24, 2.45) is 0 Å². The number of benzene rings is 1. The van der Waals surface area contributed by atoms with Crippen LogP contribution < -0.4 is 4.43 Å². The first-order valence-electron chi connectivity index (χ1n) is 6.31. The van der Waals surface area contributed by atoms with Crippen LogP contribution in [0.15, 0.2) is 18.2 Å². The van der Waals surface area contributed by atoms with Crippen LogP contribution in [0.1, 0.15) is 52.7 Å². The lowest BCUT2D eigenvalue weighted by Crippen LogP contribution is -2.25. The van der Waals surface area contributed by atoms with Gasteiger partial charge in [0, 0.05) is 0 Å². The van der Waals surface area contributed by atoms with Crippen molar-refractivity contribution in [3.63, 3.8) is 0 Å². The van der Waals surface area contributed by atoms with Gasteiger partial charge in [0.2, 0.25) is 0 Å². The molecule has 0 fully saturated rings. The van der Waals surface area contributed by atoms with Crippen LogP contribution in [0.5, 0.6) is 0 Å². The largest absolute Gasteiger partial charge is 0.466 e. The molecule has 0 aromatic heterocycles. The second kappa shape index (κ2) is 6.75. The van der Waals surface area contributed by atoms with Gasteiger partial charge in [0.05, 0.1) is 0 Å². The lowest BCUT2D eigenvalue weighted by atomic mass is 9.81. The molecule has 1 rings (SSSR count). The second-order valence-corrected chi connectivity index (χ2v) is 8.46. The second-order valence-electron chi connectivity index (χ2n) is 6.82. The minimum atomic E-state index is -4.64. The number of rotatable bonds is 0. The molecule has 20 heavy (non-hydrogen) atoms. The summed E-state index contributed by atoms with van der Waals surface area (Å²) in [7, 11) is -4.64. The lowest BCUT2D eigenvalue weighted by molar-refractivity contribution is 0.275. The summed E-state index contributed by atoms with van der Waals surface area (Å²) in [4.78, 5) is 21.6. The van der Waals surface area contributed by atoms with Crippen molar-refractivity contribution in [2.45, 2.75) is 52.4 Å². The molecule has 0 saturated heterocycles. The zero-order valence-corrected chi connectivity index (χ0v) is 15.1. The highest BCUT2D eigenvalue weighted by atomic mass is 31.2. The van der Waals surface area contributed by atoms with Crippen LogP contribution in [-0.4, -0.2) is 31.0 Å². The van der Waals surface area contributed by atoms with E-state index in [0.29, 0.717) is 0 Å². The van der Waals surface area contributed by atoms with E-state index in [-0.39, 0.29) is 10.8 Å². The average molecular weight is 314 g/mol. The van der Waals surface area contributed by atoms with Gasteiger partial charge < -0.3 is 14.7 Å². The van der Waals surface area contributed by atoms with E-state index in [2.05, 4.69) is 76.0 Å². The van der Waals surface area contributed by atoms with Crippen LogP contribution in [0, 0.1) is 0 Å². The molecule has 0 amide bonds. The molecule has 0 heterocycles. The topological polar surface area (TPSA) is 77.8 Å². The maximum Gasteiger partial charge on any atom is 0.466 e. The van der Waals surface area contributed by atoms with Gasteiger partial charge in [-0.3, -0.25) is 0 Å². The molecule has 1 aromatic rings. The monoisotopic (exact) mass is 314 g/mol. The molecular weight excluding hydrogens is 290 g/mol. The Labute approximate surface area is 129 Å². The molecule has 1 aromatic carbocycles. The maximum atomic E-state index is 8.88. The molecule has 3 N–H and O–H groups in total. The molecule has 0 aliphatic carbocycles. The van der Waals surface area contributed by atoms with Gasteiger partial charge in [0.15, 0.2) is 16.3 Å². The highest BCUT2D eigenvalue weighted by Gasteiger charge is 2.19. The van der Waals surface area contributed by atoms with Crippen molar-refractivity contribution < 1.29 is 19.2 Å². The Morgan fingerprint density at radius 2 is 1.35 bits per heavy atom. The molecule has 0 aliphatic rings. The number of hydrogen-bond acceptors (Lipinski definition) is 1. The number of phosphoric acid groups is 1. The Morgan fingerprint density at radius 3 is 1.65 bits per heavy atom. The quantitative estimate of drug-likeness (QED) is 0.506.